The van der Waals surface area contributed by atoms with Gasteiger partial charge in [-0.2, -0.15) is 0 Å². The summed E-state index contributed by atoms with van der Waals surface area (Å²) in [5.74, 6) is -3.03. The number of alkyl halides is 2. The number of carbonyl (C=O) groups is 1. The van der Waals surface area contributed by atoms with E-state index < -0.39 is 12.5 Å². The summed E-state index contributed by atoms with van der Waals surface area (Å²) in [5, 5.41) is 0. The molecule has 0 radical (unpaired) electrons. The minimum atomic E-state index is -2.73. The number of piperidine rings is 1. The molecular weight excluding hydrogens is 350 g/mol. The number of likely N-dealkylation sites (tertiary alicyclic amines) is 1. The van der Waals surface area contributed by atoms with Crippen LogP contribution in [0.25, 0.3) is 11.3 Å². The largest absolute Gasteiger partial charge is 0.370 e. The van der Waals surface area contributed by atoms with Crippen molar-refractivity contribution in [2.45, 2.75) is 25.2 Å². The first-order valence-corrected chi connectivity index (χ1v) is 9.30. The number of hydrogen-bond donors (Lipinski definition) is 0. The van der Waals surface area contributed by atoms with Gasteiger partial charge in [0.2, 0.25) is 5.91 Å². The minimum Gasteiger partial charge on any atom is -0.370 e. The number of carbonyl (C=O) groups excluding carboxylic acids is 1. The summed E-state index contributed by atoms with van der Waals surface area (Å²) in [6, 6.07) is 7.73. The van der Waals surface area contributed by atoms with E-state index in [4.69, 9.17) is 0 Å². The Kier molecular flexibility index (Phi) is 4.76. The number of nitrogens with zero attached hydrogens (tertiary/aromatic N) is 4. The van der Waals surface area contributed by atoms with Crippen LogP contribution in [0.2, 0.25) is 0 Å². The molecule has 0 atom stereocenters. The third kappa shape index (κ3) is 3.77. The van der Waals surface area contributed by atoms with Crippen LogP contribution in [0.1, 0.15) is 19.3 Å². The predicted octanol–water partition coefficient (Wildman–Crippen LogP) is 3.23. The fourth-order valence-electron chi connectivity index (χ4n) is 3.93. The second kappa shape index (κ2) is 7.21. The lowest BCUT2D eigenvalue weighted by Crippen LogP contribution is -2.42. The molecule has 27 heavy (non-hydrogen) atoms. The highest BCUT2D eigenvalue weighted by Gasteiger charge is 2.42. The molecule has 0 spiro atoms. The van der Waals surface area contributed by atoms with Crippen LogP contribution in [0.5, 0.6) is 0 Å². The molecule has 4 heterocycles. The SMILES string of the molecule is O=C(C1CCN(c2cnccc2-c2ccccn2)CC1)N1CCC(F)(F)C1. The van der Waals surface area contributed by atoms with E-state index in [9.17, 15) is 13.6 Å². The average Bonchev–Trinajstić information content (AvgIpc) is 3.08. The number of aromatic nitrogens is 2. The van der Waals surface area contributed by atoms with E-state index >= 15 is 0 Å². The molecule has 4 rings (SSSR count). The van der Waals surface area contributed by atoms with Gasteiger partial charge in [-0.05, 0) is 31.0 Å². The van der Waals surface area contributed by atoms with Crippen molar-refractivity contribution in [1.29, 1.82) is 0 Å². The fourth-order valence-corrected chi connectivity index (χ4v) is 3.93. The van der Waals surface area contributed by atoms with Gasteiger partial charge in [-0.3, -0.25) is 14.8 Å². The van der Waals surface area contributed by atoms with Crippen LogP contribution in [0, 0.1) is 5.92 Å². The second-order valence-electron chi connectivity index (χ2n) is 7.23. The van der Waals surface area contributed by atoms with E-state index in [1.165, 1.54) is 4.90 Å². The smallest absolute Gasteiger partial charge is 0.267 e. The summed E-state index contributed by atoms with van der Waals surface area (Å²) in [4.78, 5) is 24.8. The monoisotopic (exact) mass is 372 g/mol. The maximum Gasteiger partial charge on any atom is 0.267 e. The molecular formula is C20H22F2N4O. The van der Waals surface area contributed by atoms with Gasteiger partial charge in [-0.1, -0.05) is 6.07 Å². The molecule has 2 aliphatic heterocycles. The van der Waals surface area contributed by atoms with Crippen molar-refractivity contribution in [1.82, 2.24) is 14.9 Å². The molecule has 5 nitrogen and oxygen atoms in total. The van der Waals surface area contributed by atoms with E-state index in [0.717, 1.165) is 16.9 Å². The van der Waals surface area contributed by atoms with Gasteiger partial charge >= 0.3 is 0 Å². The Hall–Kier alpha value is -2.57. The van der Waals surface area contributed by atoms with Crippen molar-refractivity contribution in [3.05, 3.63) is 42.9 Å². The molecule has 0 unspecified atom stereocenters. The summed E-state index contributed by atoms with van der Waals surface area (Å²) in [6.45, 7) is 1.13. The van der Waals surface area contributed by atoms with E-state index in [-0.39, 0.29) is 24.8 Å². The summed E-state index contributed by atoms with van der Waals surface area (Å²) in [7, 11) is 0. The van der Waals surface area contributed by atoms with Crippen molar-refractivity contribution < 1.29 is 13.6 Å². The van der Waals surface area contributed by atoms with E-state index in [1.807, 2.05) is 30.5 Å². The van der Waals surface area contributed by atoms with Crippen LogP contribution < -0.4 is 4.90 Å². The summed E-state index contributed by atoms with van der Waals surface area (Å²) >= 11 is 0. The Morgan fingerprint density at radius 1 is 1.11 bits per heavy atom. The molecule has 142 valence electrons. The van der Waals surface area contributed by atoms with Crippen LogP contribution >= 0.6 is 0 Å². The number of amides is 1. The normalized spacial score (nSPS) is 20.1. The Morgan fingerprint density at radius 2 is 1.93 bits per heavy atom. The first-order valence-electron chi connectivity index (χ1n) is 9.30. The molecule has 0 aromatic carbocycles. The second-order valence-corrected chi connectivity index (χ2v) is 7.23. The van der Waals surface area contributed by atoms with Crippen LogP contribution in [0.3, 0.4) is 0 Å². The zero-order valence-corrected chi connectivity index (χ0v) is 15.0. The van der Waals surface area contributed by atoms with Gasteiger partial charge < -0.3 is 9.80 Å². The van der Waals surface area contributed by atoms with Crippen LogP contribution in [-0.2, 0) is 4.79 Å². The Balaban J connectivity index is 1.44. The average molecular weight is 372 g/mol. The van der Waals surface area contributed by atoms with Gasteiger partial charge in [0, 0.05) is 49.9 Å². The van der Waals surface area contributed by atoms with Crippen molar-refractivity contribution in [2.75, 3.05) is 31.1 Å². The van der Waals surface area contributed by atoms with Gasteiger partial charge in [0.15, 0.2) is 0 Å². The first kappa shape index (κ1) is 17.8. The molecule has 2 aromatic heterocycles. The quantitative estimate of drug-likeness (QED) is 0.830. The van der Waals surface area contributed by atoms with Gasteiger partial charge in [0.25, 0.3) is 5.92 Å². The van der Waals surface area contributed by atoms with E-state index in [1.54, 1.807) is 12.4 Å². The highest BCUT2D eigenvalue weighted by atomic mass is 19.3. The first-order chi connectivity index (χ1) is 13.0. The van der Waals surface area contributed by atoms with Crippen LogP contribution in [0.15, 0.2) is 42.9 Å². The number of hydrogen-bond acceptors (Lipinski definition) is 4. The third-order valence-electron chi connectivity index (χ3n) is 5.41. The van der Waals surface area contributed by atoms with Gasteiger partial charge in [0.05, 0.1) is 24.1 Å². The van der Waals surface area contributed by atoms with E-state index in [2.05, 4.69) is 14.9 Å². The van der Waals surface area contributed by atoms with Crippen molar-refractivity contribution >= 4 is 11.6 Å². The lowest BCUT2D eigenvalue weighted by Gasteiger charge is -2.35. The van der Waals surface area contributed by atoms with E-state index in [0.29, 0.717) is 25.9 Å². The van der Waals surface area contributed by atoms with Crippen LogP contribution in [0.4, 0.5) is 14.5 Å². The fraction of sp³-hybridized carbons (Fsp3) is 0.450. The predicted molar refractivity (Wildman–Crippen MR) is 98.5 cm³/mol. The Morgan fingerprint density at radius 3 is 2.59 bits per heavy atom. The highest BCUT2D eigenvalue weighted by Crippen LogP contribution is 2.33. The molecule has 2 aromatic rings. The van der Waals surface area contributed by atoms with Gasteiger partial charge in [0.1, 0.15) is 0 Å². The number of anilines is 1. The zero-order chi connectivity index (χ0) is 18.9. The topological polar surface area (TPSA) is 49.3 Å². The van der Waals surface area contributed by atoms with Crippen LogP contribution in [-0.4, -0.2) is 52.9 Å². The van der Waals surface area contributed by atoms with Crippen molar-refractivity contribution in [2.24, 2.45) is 5.92 Å². The summed E-state index contributed by atoms with van der Waals surface area (Å²) in [6.07, 6.45) is 6.44. The molecule has 0 bridgehead atoms. The molecule has 7 heteroatoms. The molecule has 0 aliphatic carbocycles. The zero-order valence-electron chi connectivity index (χ0n) is 15.0. The molecule has 0 saturated carbocycles. The Bertz CT molecular complexity index is 807. The van der Waals surface area contributed by atoms with Crippen molar-refractivity contribution in [3.8, 4) is 11.3 Å². The highest BCUT2D eigenvalue weighted by molar-refractivity contribution is 5.80. The lowest BCUT2D eigenvalue weighted by atomic mass is 9.94. The number of pyridine rings is 2. The molecule has 2 saturated heterocycles. The van der Waals surface area contributed by atoms with Crippen molar-refractivity contribution in [3.63, 3.8) is 0 Å². The molecule has 1 amide bonds. The van der Waals surface area contributed by atoms with Gasteiger partial charge in [-0.15, -0.1) is 0 Å². The van der Waals surface area contributed by atoms with Gasteiger partial charge in [-0.25, -0.2) is 8.78 Å². The maximum atomic E-state index is 13.4. The third-order valence-corrected chi connectivity index (χ3v) is 5.41. The maximum absolute atomic E-state index is 13.4. The summed E-state index contributed by atoms with van der Waals surface area (Å²) < 4.78 is 26.8. The standard InChI is InChI=1S/C20H22F2N4O/c21-20(22)7-12-26(14-20)19(27)15-5-10-25(11-6-15)18-13-23-9-4-16(18)17-3-1-2-8-24-17/h1-4,8-9,13,15H,5-7,10-12,14H2. The molecule has 2 aliphatic rings. The minimum absolute atomic E-state index is 0.122. The number of halogens is 2. The number of rotatable bonds is 3. The lowest BCUT2D eigenvalue weighted by molar-refractivity contribution is -0.136. The molecule has 0 N–H and O–H groups in total. The Labute approximate surface area is 157 Å². The summed E-state index contributed by atoms with van der Waals surface area (Å²) in [5.41, 5.74) is 2.89. The molecule has 2 fully saturated rings.